The summed E-state index contributed by atoms with van der Waals surface area (Å²) >= 11 is 2.85. The van der Waals surface area contributed by atoms with Crippen LogP contribution in [0.2, 0.25) is 0 Å². The molecule has 2 aliphatic heterocycles. The van der Waals surface area contributed by atoms with E-state index in [0.29, 0.717) is 13.0 Å². The fraction of sp³-hybridized carbons (Fsp3) is 0.500. The van der Waals surface area contributed by atoms with Gasteiger partial charge in [0.25, 0.3) is 0 Å². The third-order valence-electron chi connectivity index (χ3n) is 5.97. The number of aromatic carboxylic acids is 1. The van der Waals surface area contributed by atoms with Crippen molar-refractivity contribution >= 4 is 40.7 Å². The fourth-order valence-corrected chi connectivity index (χ4v) is 6.05. The van der Waals surface area contributed by atoms with Gasteiger partial charge in [-0.05, 0) is 18.6 Å². The van der Waals surface area contributed by atoms with Crippen LogP contribution < -0.4 is 9.64 Å². The van der Waals surface area contributed by atoms with E-state index in [0.717, 1.165) is 55.0 Å². The number of methoxy groups -OCH3 is 1. The van der Waals surface area contributed by atoms with Crippen molar-refractivity contribution in [2.75, 3.05) is 57.0 Å². The van der Waals surface area contributed by atoms with Crippen LogP contribution in [0.1, 0.15) is 23.3 Å². The minimum absolute atomic E-state index is 0.0840. The standard InChI is InChI=1S/C22H28N4O4S2/c1-30-18-4-2-3-16(13-18)25-9-7-24(8-10-25)14-17-5-6-20(27)26(17)11-12-31-22-23-19(15-32-22)21(28)29/h2-4,13,15,17H,5-12,14H2,1H3,(H,28,29)/t17-/m1/s1. The summed E-state index contributed by atoms with van der Waals surface area (Å²) < 4.78 is 6.08. The van der Waals surface area contributed by atoms with Crippen molar-refractivity contribution in [2.45, 2.75) is 23.2 Å². The molecule has 1 aromatic heterocycles. The van der Waals surface area contributed by atoms with Crippen molar-refractivity contribution in [1.82, 2.24) is 14.8 Å². The molecule has 2 aromatic rings. The monoisotopic (exact) mass is 476 g/mol. The Morgan fingerprint density at radius 3 is 2.84 bits per heavy atom. The molecular weight excluding hydrogens is 448 g/mol. The average molecular weight is 477 g/mol. The number of hydrogen-bond acceptors (Lipinski definition) is 8. The number of carboxylic acid groups (broad SMARTS) is 1. The number of nitrogens with zero attached hydrogens (tertiary/aromatic N) is 4. The lowest BCUT2D eigenvalue weighted by atomic mass is 10.1. The van der Waals surface area contributed by atoms with E-state index in [2.05, 4.69) is 26.9 Å². The van der Waals surface area contributed by atoms with Gasteiger partial charge in [-0.2, -0.15) is 0 Å². The number of carbonyl (C=O) groups is 2. The zero-order chi connectivity index (χ0) is 22.5. The molecule has 1 aromatic carbocycles. The number of anilines is 1. The van der Waals surface area contributed by atoms with Gasteiger partial charge in [-0.3, -0.25) is 9.69 Å². The Bertz CT molecular complexity index is 946. The molecule has 1 N–H and O–H groups in total. The molecule has 0 aliphatic carbocycles. The van der Waals surface area contributed by atoms with Crippen LogP contribution in [0.4, 0.5) is 5.69 Å². The van der Waals surface area contributed by atoms with E-state index in [9.17, 15) is 9.59 Å². The molecule has 2 aliphatic rings. The molecule has 0 saturated carbocycles. The van der Waals surface area contributed by atoms with Crippen LogP contribution in [0.15, 0.2) is 34.0 Å². The minimum Gasteiger partial charge on any atom is -0.497 e. The first-order valence-electron chi connectivity index (χ1n) is 10.8. The Balaban J connectivity index is 1.25. The number of carboxylic acids is 1. The molecule has 1 amide bonds. The number of piperazine rings is 1. The summed E-state index contributed by atoms with van der Waals surface area (Å²) in [5.74, 6) is 0.809. The smallest absolute Gasteiger partial charge is 0.355 e. The molecule has 0 unspecified atom stereocenters. The summed E-state index contributed by atoms with van der Waals surface area (Å²) in [7, 11) is 1.69. The van der Waals surface area contributed by atoms with Gasteiger partial charge >= 0.3 is 5.97 Å². The van der Waals surface area contributed by atoms with Gasteiger partial charge in [0.15, 0.2) is 10.0 Å². The third kappa shape index (κ3) is 5.54. The summed E-state index contributed by atoms with van der Waals surface area (Å²) in [6.45, 7) is 5.44. The normalized spacial score (nSPS) is 19.5. The molecule has 2 saturated heterocycles. The number of rotatable bonds is 9. The maximum atomic E-state index is 12.4. The van der Waals surface area contributed by atoms with Crippen LogP contribution in [-0.2, 0) is 4.79 Å². The maximum absolute atomic E-state index is 12.4. The number of aromatic nitrogens is 1. The molecule has 4 rings (SSSR count). The van der Waals surface area contributed by atoms with Crippen molar-refractivity contribution in [2.24, 2.45) is 0 Å². The highest BCUT2D eigenvalue weighted by atomic mass is 32.2. The van der Waals surface area contributed by atoms with Crippen molar-refractivity contribution in [3.8, 4) is 5.75 Å². The van der Waals surface area contributed by atoms with E-state index < -0.39 is 5.97 Å². The second-order valence-electron chi connectivity index (χ2n) is 7.92. The van der Waals surface area contributed by atoms with Gasteiger partial charge in [0.05, 0.1) is 7.11 Å². The Hall–Kier alpha value is -2.30. The van der Waals surface area contributed by atoms with E-state index in [-0.39, 0.29) is 17.6 Å². The van der Waals surface area contributed by atoms with Crippen molar-refractivity contribution in [1.29, 1.82) is 0 Å². The lowest BCUT2D eigenvalue weighted by Gasteiger charge is -2.38. The van der Waals surface area contributed by atoms with Crippen molar-refractivity contribution < 1.29 is 19.4 Å². The zero-order valence-electron chi connectivity index (χ0n) is 18.1. The van der Waals surface area contributed by atoms with Gasteiger partial charge in [-0.15, -0.1) is 11.3 Å². The molecule has 172 valence electrons. The number of amides is 1. The molecule has 32 heavy (non-hydrogen) atoms. The first-order valence-corrected chi connectivity index (χ1v) is 12.6. The Kier molecular flexibility index (Phi) is 7.54. The molecule has 2 fully saturated rings. The first-order chi connectivity index (χ1) is 15.5. The van der Waals surface area contributed by atoms with Gasteiger partial charge in [-0.25, -0.2) is 9.78 Å². The lowest BCUT2D eigenvalue weighted by Crippen LogP contribution is -2.51. The van der Waals surface area contributed by atoms with Crippen LogP contribution in [0.5, 0.6) is 5.75 Å². The van der Waals surface area contributed by atoms with E-state index in [1.54, 1.807) is 12.5 Å². The number of hydrogen-bond donors (Lipinski definition) is 1. The van der Waals surface area contributed by atoms with Crippen LogP contribution in [0, 0.1) is 0 Å². The lowest BCUT2D eigenvalue weighted by molar-refractivity contribution is -0.128. The molecule has 8 nitrogen and oxygen atoms in total. The fourth-order valence-electron chi connectivity index (χ4n) is 4.24. The maximum Gasteiger partial charge on any atom is 0.355 e. The SMILES string of the molecule is COc1cccc(N2CCN(C[C@H]3CCC(=O)N3CCSc3nc(C(=O)O)cs3)CC2)c1. The summed E-state index contributed by atoms with van der Waals surface area (Å²) in [6, 6.07) is 8.43. The van der Waals surface area contributed by atoms with Crippen LogP contribution in [0.25, 0.3) is 0 Å². The Labute approximate surface area is 196 Å². The number of thioether (sulfide) groups is 1. The molecule has 1 atom stereocenters. The highest BCUT2D eigenvalue weighted by Crippen LogP contribution is 2.26. The van der Waals surface area contributed by atoms with Gasteiger partial charge < -0.3 is 19.6 Å². The molecule has 10 heteroatoms. The number of likely N-dealkylation sites (tertiary alicyclic amines) is 1. The largest absolute Gasteiger partial charge is 0.497 e. The number of benzene rings is 1. The summed E-state index contributed by atoms with van der Waals surface area (Å²) in [5, 5.41) is 10.6. The predicted octanol–water partition coefficient (Wildman–Crippen LogP) is 2.76. The van der Waals surface area contributed by atoms with Crippen LogP contribution in [-0.4, -0.2) is 89.9 Å². The van der Waals surface area contributed by atoms with E-state index in [1.807, 2.05) is 17.0 Å². The quantitative estimate of drug-likeness (QED) is 0.553. The van der Waals surface area contributed by atoms with Gasteiger partial charge in [0.1, 0.15) is 5.75 Å². The van der Waals surface area contributed by atoms with E-state index in [1.165, 1.54) is 28.8 Å². The predicted molar refractivity (Wildman–Crippen MR) is 126 cm³/mol. The minimum atomic E-state index is -1.01. The number of carbonyl (C=O) groups excluding carboxylic acids is 1. The number of ether oxygens (including phenoxy) is 1. The third-order valence-corrected chi connectivity index (χ3v) is 7.97. The van der Waals surface area contributed by atoms with E-state index >= 15 is 0 Å². The zero-order valence-corrected chi connectivity index (χ0v) is 19.7. The van der Waals surface area contributed by atoms with Crippen molar-refractivity contribution in [3.63, 3.8) is 0 Å². The first kappa shape index (κ1) is 22.9. The van der Waals surface area contributed by atoms with Crippen LogP contribution >= 0.6 is 23.1 Å². The van der Waals surface area contributed by atoms with Gasteiger partial charge in [-0.1, -0.05) is 17.8 Å². The number of thiazole rings is 1. The summed E-state index contributed by atoms with van der Waals surface area (Å²) in [6.07, 6.45) is 1.51. The van der Waals surface area contributed by atoms with Gasteiger partial charge in [0, 0.05) is 74.6 Å². The summed E-state index contributed by atoms with van der Waals surface area (Å²) in [4.78, 5) is 34.4. The highest BCUT2D eigenvalue weighted by Gasteiger charge is 2.32. The Morgan fingerprint density at radius 1 is 1.31 bits per heavy atom. The molecule has 0 bridgehead atoms. The van der Waals surface area contributed by atoms with Gasteiger partial charge in [0.2, 0.25) is 5.91 Å². The molecule has 3 heterocycles. The molecule has 0 spiro atoms. The molecule has 0 radical (unpaired) electrons. The summed E-state index contributed by atoms with van der Waals surface area (Å²) in [5.41, 5.74) is 1.27. The van der Waals surface area contributed by atoms with Crippen LogP contribution in [0.3, 0.4) is 0 Å². The Morgan fingerprint density at radius 2 is 2.12 bits per heavy atom. The highest BCUT2D eigenvalue weighted by molar-refractivity contribution is 8.01. The second kappa shape index (κ2) is 10.5. The van der Waals surface area contributed by atoms with Crippen molar-refractivity contribution in [3.05, 3.63) is 35.3 Å². The second-order valence-corrected chi connectivity index (χ2v) is 10.1. The van der Waals surface area contributed by atoms with E-state index in [4.69, 9.17) is 9.84 Å². The molecular formula is C22H28N4O4S2. The average Bonchev–Trinajstić information content (AvgIpc) is 3.42. The topological polar surface area (TPSA) is 86.2 Å².